The molecule has 2 aromatic rings. The van der Waals surface area contributed by atoms with Gasteiger partial charge in [0.05, 0.1) is 22.2 Å². The smallest absolute Gasteiger partial charge is 0.352 e. The number of carboxylic acid groups (broad SMARTS) is 1. The van der Waals surface area contributed by atoms with E-state index < -0.39 is 45.4 Å². The lowest BCUT2D eigenvalue weighted by atomic mass is 10.0. The molecule has 1 amide bonds. The first kappa shape index (κ1) is 21.3. The maximum absolute atomic E-state index is 12.8. The fraction of sp³-hybridized carbons (Fsp3) is 0.381. The molecule has 10 heteroatoms. The van der Waals surface area contributed by atoms with Gasteiger partial charge in [0.15, 0.2) is 6.10 Å². The van der Waals surface area contributed by atoms with Gasteiger partial charge < -0.3 is 19.0 Å². The summed E-state index contributed by atoms with van der Waals surface area (Å²) in [6.45, 7) is 5.13. The standard InChI is InChI=1S/C21H21NO8S/c1-21(2,3)30-17-18(24)22-16(20(25)26)12(10-31(27)19(17)22)9-28-13-6-4-11-5-7-15(23)29-14(11)8-13/h4-8,17,19H,9-10H2,1-3H3,(H,25,26). The minimum Gasteiger partial charge on any atom is -0.489 e. The van der Waals surface area contributed by atoms with E-state index in [2.05, 4.69) is 0 Å². The molecular weight excluding hydrogens is 426 g/mol. The molecule has 0 aliphatic carbocycles. The Morgan fingerprint density at radius 2 is 1.97 bits per heavy atom. The van der Waals surface area contributed by atoms with Crippen LogP contribution in [0, 0.1) is 0 Å². The molecule has 1 N–H and O–H groups in total. The molecule has 3 heterocycles. The van der Waals surface area contributed by atoms with E-state index in [-0.39, 0.29) is 23.6 Å². The minimum absolute atomic E-state index is 0.0528. The van der Waals surface area contributed by atoms with E-state index in [0.717, 1.165) is 4.90 Å². The number of amides is 1. The van der Waals surface area contributed by atoms with E-state index in [1.165, 1.54) is 12.1 Å². The molecule has 0 bridgehead atoms. The second-order valence-electron chi connectivity index (χ2n) is 8.27. The van der Waals surface area contributed by atoms with Crippen LogP contribution >= 0.6 is 0 Å². The average molecular weight is 447 g/mol. The Balaban J connectivity index is 1.59. The normalized spacial score (nSPS) is 23.5. The highest BCUT2D eigenvalue weighted by atomic mass is 32.2. The summed E-state index contributed by atoms with van der Waals surface area (Å²) in [7, 11) is -1.55. The van der Waals surface area contributed by atoms with Crippen molar-refractivity contribution in [1.29, 1.82) is 0 Å². The number of aliphatic carboxylic acids is 1. The second-order valence-corrected chi connectivity index (χ2v) is 9.81. The van der Waals surface area contributed by atoms with Crippen LogP contribution in [0.15, 0.2) is 50.8 Å². The maximum Gasteiger partial charge on any atom is 0.352 e. The molecule has 31 heavy (non-hydrogen) atoms. The van der Waals surface area contributed by atoms with Crippen molar-refractivity contribution in [2.75, 3.05) is 12.4 Å². The van der Waals surface area contributed by atoms with Crippen molar-refractivity contribution in [2.24, 2.45) is 0 Å². The first-order valence-electron chi connectivity index (χ1n) is 9.55. The summed E-state index contributed by atoms with van der Waals surface area (Å²) in [5, 5.41) is 9.59. The summed E-state index contributed by atoms with van der Waals surface area (Å²) >= 11 is 0. The zero-order valence-corrected chi connectivity index (χ0v) is 17.9. The van der Waals surface area contributed by atoms with Gasteiger partial charge in [-0.25, -0.2) is 9.59 Å². The molecule has 0 radical (unpaired) electrons. The quantitative estimate of drug-likeness (QED) is 0.542. The molecule has 2 aliphatic heterocycles. The summed E-state index contributed by atoms with van der Waals surface area (Å²) in [4.78, 5) is 37.0. The van der Waals surface area contributed by atoms with Gasteiger partial charge in [0.2, 0.25) is 0 Å². The van der Waals surface area contributed by atoms with Crippen LogP contribution in [0.5, 0.6) is 5.75 Å². The molecule has 2 aliphatic rings. The molecule has 4 rings (SSSR count). The SMILES string of the molecule is CC(C)(C)OC1C(=O)N2C(C(=O)O)=C(COc3ccc4ccc(=O)oc4c3)CS(=O)C12. The van der Waals surface area contributed by atoms with E-state index in [9.17, 15) is 23.7 Å². The number of hydrogen-bond acceptors (Lipinski definition) is 7. The molecule has 1 fully saturated rings. The van der Waals surface area contributed by atoms with Crippen LogP contribution in [-0.2, 0) is 25.1 Å². The zero-order chi connectivity index (χ0) is 22.5. The van der Waals surface area contributed by atoms with Gasteiger partial charge in [-0.3, -0.25) is 13.9 Å². The molecule has 1 saturated heterocycles. The van der Waals surface area contributed by atoms with Crippen LogP contribution in [0.3, 0.4) is 0 Å². The highest BCUT2D eigenvalue weighted by Gasteiger charge is 2.58. The maximum atomic E-state index is 12.8. The Morgan fingerprint density at radius 1 is 1.26 bits per heavy atom. The zero-order valence-electron chi connectivity index (χ0n) is 17.1. The topological polar surface area (TPSA) is 123 Å². The monoisotopic (exact) mass is 447 g/mol. The van der Waals surface area contributed by atoms with Crippen molar-refractivity contribution in [3.63, 3.8) is 0 Å². The van der Waals surface area contributed by atoms with Gasteiger partial charge in [0, 0.05) is 23.1 Å². The van der Waals surface area contributed by atoms with Gasteiger partial charge in [-0.05, 0) is 39.0 Å². The highest BCUT2D eigenvalue weighted by molar-refractivity contribution is 7.86. The van der Waals surface area contributed by atoms with Crippen molar-refractivity contribution in [1.82, 2.24) is 4.90 Å². The van der Waals surface area contributed by atoms with Crippen LogP contribution in [0.1, 0.15) is 20.8 Å². The molecule has 1 aromatic carbocycles. The summed E-state index contributed by atoms with van der Waals surface area (Å²) in [6, 6.07) is 7.78. The Kier molecular flexibility index (Phi) is 5.22. The number of hydrogen-bond donors (Lipinski definition) is 1. The van der Waals surface area contributed by atoms with Gasteiger partial charge in [-0.15, -0.1) is 0 Å². The third-order valence-corrected chi connectivity index (χ3v) is 6.48. The number of β-lactam (4-membered cyclic amide) rings is 1. The molecule has 1 aromatic heterocycles. The van der Waals surface area contributed by atoms with E-state index in [1.54, 1.807) is 39.0 Å². The number of benzene rings is 1. The van der Waals surface area contributed by atoms with Crippen LogP contribution in [-0.4, -0.2) is 55.5 Å². The van der Waals surface area contributed by atoms with E-state index in [1.807, 2.05) is 0 Å². The van der Waals surface area contributed by atoms with Crippen molar-refractivity contribution in [3.05, 3.63) is 52.0 Å². The molecule has 0 spiro atoms. The van der Waals surface area contributed by atoms with Crippen molar-refractivity contribution >= 4 is 33.6 Å². The van der Waals surface area contributed by atoms with Gasteiger partial charge in [-0.1, -0.05) is 0 Å². The van der Waals surface area contributed by atoms with Gasteiger partial charge in [0.1, 0.15) is 29.0 Å². The average Bonchev–Trinajstić information content (AvgIpc) is 2.68. The molecule has 3 atom stereocenters. The highest BCUT2D eigenvalue weighted by Crippen LogP contribution is 2.38. The largest absolute Gasteiger partial charge is 0.489 e. The number of carboxylic acids is 1. The van der Waals surface area contributed by atoms with Crippen molar-refractivity contribution in [3.8, 4) is 5.75 Å². The van der Waals surface area contributed by atoms with Crippen molar-refractivity contribution in [2.45, 2.75) is 37.9 Å². The number of rotatable bonds is 5. The number of nitrogens with zero attached hydrogens (tertiary/aromatic N) is 1. The Hall–Kier alpha value is -2.98. The molecule has 9 nitrogen and oxygen atoms in total. The van der Waals surface area contributed by atoms with Crippen LogP contribution in [0.25, 0.3) is 11.0 Å². The van der Waals surface area contributed by atoms with E-state index in [4.69, 9.17) is 13.9 Å². The fourth-order valence-corrected chi connectivity index (χ4v) is 5.21. The van der Waals surface area contributed by atoms with Crippen LogP contribution < -0.4 is 10.4 Å². The summed E-state index contributed by atoms with van der Waals surface area (Å²) in [5.41, 5.74) is -0.810. The third-order valence-electron chi connectivity index (χ3n) is 4.85. The lowest BCUT2D eigenvalue weighted by Crippen LogP contribution is -2.70. The molecule has 3 unspecified atom stereocenters. The Morgan fingerprint density at radius 3 is 2.65 bits per heavy atom. The fourth-order valence-electron chi connectivity index (χ4n) is 3.58. The number of ether oxygens (including phenoxy) is 2. The molecule has 0 saturated carbocycles. The summed E-state index contributed by atoms with van der Waals surface area (Å²) in [6.07, 6.45) is -0.943. The first-order chi connectivity index (χ1) is 14.5. The number of carbonyl (C=O) groups excluding carboxylic acids is 1. The van der Waals surface area contributed by atoms with Crippen LogP contribution in [0.2, 0.25) is 0 Å². The summed E-state index contributed by atoms with van der Waals surface area (Å²) < 4.78 is 29.3. The van der Waals surface area contributed by atoms with E-state index in [0.29, 0.717) is 16.7 Å². The van der Waals surface area contributed by atoms with Crippen LogP contribution in [0.4, 0.5) is 0 Å². The Labute approximate surface area is 179 Å². The van der Waals surface area contributed by atoms with Gasteiger partial charge in [0.25, 0.3) is 5.91 Å². The molecule has 164 valence electrons. The minimum atomic E-state index is -1.55. The second kappa shape index (κ2) is 7.61. The lowest BCUT2D eigenvalue weighted by molar-refractivity contribution is -0.178. The Bertz CT molecular complexity index is 1190. The van der Waals surface area contributed by atoms with E-state index >= 15 is 0 Å². The van der Waals surface area contributed by atoms with Crippen molar-refractivity contribution < 1.29 is 32.8 Å². The predicted octanol–water partition coefficient (Wildman–Crippen LogP) is 1.62. The predicted molar refractivity (Wildman–Crippen MR) is 111 cm³/mol. The lowest BCUT2D eigenvalue weighted by Gasteiger charge is -2.50. The third kappa shape index (κ3) is 4.00. The molecular formula is C21H21NO8S. The first-order valence-corrected chi connectivity index (χ1v) is 10.9. The van der Waals surface area contributed by atoms with Gasteiger partial charge >= 0.3 is 11.6 Å². The van der Waals surface area contributed by atoms with Gasteiger partial charge in [-0.2, -0.15) is 0 Å². The summed E-state index contributed by atoms with van der Waals surface area (Å²) in [5.74, 6) is -1.54. The number of fused-ring (bicyclic) bond motifs is 2. The number of carbonyl (C=O) groups is 2.